The van der Waals surface area contributed by atoms with Crippen molar-refractivity contribution in [2.45, 2.75) is 6.92 Å². The topological polar surface area (TPSA) is 86.6 Å². The van der Waals surface area contributed by atoms with E-state index in [2.05, 4.69) is 4.74 Å². The third-order valence-electron chi connectivity index (χ3n) is 1.47. The van der Waals surface area contributed by atoms with Crippen molar-refractivity contribution in [3.63, 3.8) is 0 Å². The maximum atomic E-state index is 8.36. The molecule has 0 atom stereocenters. The molecule has 7 nitrogen and oxygen atoms in total. The Kier molecular flexibility index (Phi) is 24.4. The molecule has 0 saturated heterocycles. The minimum absolute atomic E-state index is 0.00978. The predicted octanol–water partition coefficient (Wildman–Crippen LogP) is -0.395. The SMILES string of the molecule is CCOC.OCCOCCOOCCOCCO. The lowest BCUT2D eigenvalue weighted by Crippen LogP contribution is -2.11. The zero-order valence-electron chi connectivity index (χ0n) is 11.3. The fourth-order valence-electron chi connectivity index (χ4n) is 0.637. The fraction of sp³-hybridized carbons (Fsp3) is 1.00. The van der Waals surface area contributed by atoms with E-state index >= 15 is 0 Å². The Morgan fingerprint density at radius 3 is 1.39 bits per heavy atom. The van der Waals surface area contributed by atoms with Gasteiger partial charge in [-0.05, 0) is 6.92 Å². The first kappa shape index (κ1) is 20.0. The molecule has 0 aliphatic carbocycles. The monoisotopic (exact) mass is 270 g/mol. The first-order valence-electron chi connectivity index (χ1n) is 5.94. The highest BCUT2D eigenvalue weighted by Crippen LogP contribution is 1.82. The second kappa shape index (κ2) is 21.9. The summed E-state index contributed by atoms with van der Waals surface area (Å²) in [5.41, 5.74) is 0. The molecule has 0 aromatic rings. The van der Waals surface area contributed by atoms with Gasteiger partial charge in [-0.3, -0.25) is 0 Å². The standard InChI is InChI=1S/C8H18O6.C3H8O/c9-1-3-11-5-7-13-14-8-6-12-4-2-10;1-3-4-2/h9-10H,1-8H2;3H2,1-2H3. The quantitative estimate of drug-likeness (QED) is 0.283. The molecule has 0 aromatic carbocycles. The van der Waals surface area contributed by atoms with E-state index in [0.29, 0.717) is 39.6 Å². The molecule has 0 aliphatic heterocycles. The highest BCUT2D eigenvalue weighted by atomic mass is 17.2. The van der Waals surface area contributed by atoms with E-state index in [0.717, 1.165) is 6.61 Å². The van der Waals surface area contributed by atoms with Gasteiger partial charge in [0.2, 0.25) is 0 Å². The molecule has 0 spiro atoms. The fourth-order valence-corrected chi connectivity index (χ4v) is 0.637. The van der Waals surface area contributed by atoms with Gasteiger partial charge in [0.15, 0.2) is 0 Å². The van der Waals surface area contributed by atoms with Gasteiger partial charge in [0.1, 0.15) is 13.2 Å². The molecule has 0 radical (unpaired) electrons. The Labute approximate surface area is 108 Å². The van der Waals surface area contributed by atoms with E-state index in [9.17, 15) is 0 Å². The molecule has 0 rings (SSSR count). The summed E-state index contributed by atoms with van der Waals surface area (Å²) in [5, 5.41) is 16.7. The molecule has 0 aromatic heterocycles. The zero-order chi connectivity index (χ0) is 13.9. The van der Waals surface area contributed by atoms with Crippen LogP contribution in [0.2, 0.25) is 0 Å². The zero-order valence-corrected chi connectivity index (χ0v) is 11.3. The van der Waals surface area contributed by atoms with Crippen LogP contribution in [0.4, 0.5) is 0 Å². The normalized spacial score (nSPS) is 10.0. The van der Waals surface area contributed by atoms with Crippen LogP contribution in [0.5, 0.6) is 0 Å². The van der Waals surface area contributed by atoms with Crippen molar-refractivity contribution >= 4 is 0 Å². The van der Waals surface area contributed by atoms with E-state index < -0.39 is 0 Å². The molecule has 7 heteroatoms. The van der Waals surface area contributed by atoms with Gasteiger partial charge >= 0.3 is 0 Å². The summed E-state index contributed by atoms with van der Waals surface area (Å²) in [6.45, 7) is 4.83. The number of aliphatic hydroxyl groups is 2. The maximum absolute atomic E-state index is 8.36. The number of hydrogen-bond donors (Lipinski definition) is 2. The van der Waals surface area contributed by atoms with Crippen LogP contribution in [0.15, 0.2) is 0 Å². The van der Waals surface area contributed by atoms with E-state index in [1.807, 2.05) is 6.92 Å². The van der Waals surface area contributed by atoms with Crippen LogP contribution in [0, 0.1) is 0 Å². The smallest absolute Gasteiger partial charge is 0.106 e. The molecule has 0 heterocycles. The van der Waals surface area contributed by atoms with Gasteiger partial charge in [0.25, 0.3) is 0 Å². The highest BCUT2D eigenvalue weighted by Gasteiger charge is 1.91. The molecule has 0 aliphatic rings. The number of hydrogen-bond acceptors (Lipinski definition) is 7. The van der Waals surface area contributed by atoms with Crippen LogP contribution in [-0.4, -0.2) is 76.8 Å². The van der Waals surface area contributed by atoms with E-state index in [4.69, 9.17) is 29.5 Å². The minimum atomic E-state index is 0.00978. The van der Waals surface area contributed by atoms with Gasteiger partial charge < -0.3 is 24.4 Å². The Balaban J connectivity index is 0. The molecule has 0 saturated carbocycles. The van der Waals surface area contributed by atoms with Gasteiger partial charge in [0.05, 0.1) is 39.6 Å². The summed E-state index contributed by atoms with van der Waals surface area (Å²) in [6, 6.07) is 0. The van der Waals surface area contributed by atoms with E-state index in [1.54, 1.807) is 7.11 Å². The van der Waals surface area contributed by atoms with Crippen LogP contribution in [-0.2, 0) is 24.0 Å². The summed E-state index contributed by atoms with van der Waals surface area (Å²) in [5.74, 6) is 0. The van der Waals surface area contributed by atoms with Crippen molar-refractivity contribution in [2.24, 2.45) is 0 Å². The average Bonchev–Trinajstić information content (AvgIpc) is 2.41. The van der Waals surface area contributed by atoms with Crippen LogP contribution in [0.3, 0.4) is 0 Å². The van der Waals surface area contributed by atoms with Crippen molar-refractivity contribution < 1.29 is 34.2 Å². The lowest BCUT2D eigenvalue weighted by Gasteiger charge is -2.04. The largest absolute Gasteiger partial charge is 0.394 e. The van der Waals surface area contributed by atoms with Crippen LogP contribution < -0.4 is 0 Å². The van der Waals surface area contributed by atoms with Gasteiger partial charge in [-0.25, -0.2) is 9.78 Å². The Hall–Kier alpha value is -0.280. The Bertz CT molecular complexity index is 110. The molecule has 0 amide bonds. The van der Waals surface area contributed by atoms with Crippen LogP contribution in [0.25, 0.3) is 0 Å². The summed E-state index contributed by atoms with van der Waals surface area (Å²) in [4.78, 5) is 9.42. The molecule has 0 fully saturated rings. The maximum Gasteiger partial charge on any atom is 0.106 e. The highest BCUT2D eigenvalue weighted by molar-refractivity contribution is 4.28. The van der Waals surface area contributed by atoms with Crippen LogP contribution >= 0.6 is 0 Å². The number of rotatable bonds is 12. The van der Waals surface area contributed by atoms with Gasteiger partial charge in [-0.1, -0.05) is 0 Å². The lowest BCUT2D eigenvalue weighted by atomic mass is 10.7. The third-order valence-corrected chi connectivity index (χ3v) is 1.47. The van der Waals surface area contributed by atoms with E-state index in [-0.39, 0.29) is 13.2 Å². The van der Waals surface area contributed by atoms with Crippen molar-refractivity contribution in [1.82, 2.24) is 0 Å². The molecule has 2 N–H and O–H groups in total. The number of methoxy groups -OCH3 is 1. The second-order valence-electron chi connectivity index (χ2n) is 2.89. The summed E-state index contributed by atoms with van der Waals surface area (Å²) in [7, 11) is 1.68. The van der Waals surface area contributed by atoms with Crippen molar-refractivity contribution in [3.05, 3.63) is 0 Å². The van der Waals surface area contributed by atoms with Gasteiger partial charge in [-0.15, -0.1) is 0 Å². The lowest BCUT2D eigenvalue weighted by molar-refractivity contribution is -0.303. The molecule has 18 heavy (non-hydrogen) atoms. The Morgan fingerprint density at radius 1 is 0.722 bits per heavy atom. The molecule has 0 bridgehead atoms. The van der Waals surface area contributed by atoms with Crippen molar-refractivity contribution in [3.8, 4) is 0 Å². The minimum Gasteiger partial charge on any atom is -0.394 e. The predicted molar refractivity (Wildman–Crippen MR) is 65.3 cm³/mol. The second-order valence-corrected chi connectivity index (χ2v) is 2.89. The average molecular weight is 270 g/mol. The first-order valence-corrected chi connectivity index (χ1v) is 5.94. The molecular weight excluding hydrogens is 244 g/mol. The van der Waals surface area contributed by atoms with E-state index in [1.165, 1.54) is 0 Å². The van der Waals surface area contributed by atoms with Crippen molar-refractivity contribution in [1.29, 1.82) is 0 Å². The van der Waals surface area contributed by atoms with Crippen molar-refractivity contribution in [2.75, 3.05) is 66.6 Å². The van der Waals surface area contributed by atoms with Crippen LogP contribution in [0.1, 0.15) is 6.92 Å². The third kappa shape index (κ3) is 24.8. The number of ether oxygens (including phenoxy) is 3. The molecule has 112 valence electrons. The molecular formula is C11H26O7. The number of aliphatic hydroxyl groups excluding tert-OH is 2. The first-order chi connectivity index (χ1) is 8.83. The summed E-state index contributed by atoms with van der Waals surface area (Å²) >= 11 is 0. The summed E-state index contributed by atoms with van der Waals surface area (Å²) in [6.07, 6.45) is 0. The van der Waals surface area contributed by atoms with Gasteiger partial charge in [-0.2, -0.15) is 0 Å². The Morgan fingerprint density at radius 2 is 1.11 bits per heavy atom. The molecule has 0 unspecified atom stereocenters. The summed E-state index contributed by atoms with van der Waals surface area (Å²) < 4.78 is 14.4. The van der Waals surface area contributed by atoms with Gasteiger partial charge in [0, 0.05) is 13.7 Å².